The summed E-state index contributed by atoms with van der Waals surface area (Å²) >= 11 is -5.02. The standard InChI is InChI=1S/C3H2F6O5S2/c4-1(5,2(6,7)15(10)11)3(8,9)16(12,13)14/h(H,10,11)(H,12,13,14)/p-1. The fraction of sp³-hybridized carbons (Fsp3) is 1.00. The summed E-state index contributed by atoms with van der Waals surface area (Å²) in [6.07, 6.45) is 0. The predicted octanol–water partition coefficient (Wildman–Crippen LogP) is 0.574. The van der Waals surface area contributed by atoms with E-state index in [1.165, 1.54) is 0 Å². The van der Waals surface area contributed by atoms with Crippen LogP contribution in [-0.4, -0.2) is 38.2 Å². The van der Waals surface area contributed by atoms with Gasteiger partial charge in [-0.1, -0.05) is 0 Å². The second-order valence-electron chi connectivity index (χ2n) is 2.32. The summed E-state index contributed by atoms with van der Waals surface area (Å²) in [5.74, 6) is -6.82. The third-order valence-electron chi connectivity index (χ3n) is 1.26. The Balaban J connectivity index is 5.82. The highest BCUT2D eigenvalue weighted by Crippen LogP contribution is 2.49. The van der Waals surface area contributed by atoms with Crippen molar-refractivity contribution in [2.75, 3.05) is 0 Å². The molecule has 1 unspecified atom stereocenters. The minimum Gasteiger partial charge on any atom is -0.768 e. The van der Waals surface area contributed by atoms with Crippen LogP contribution in [0.25, 0.3) is 0 Å². The van der Waals surface area contributed by atoms with E-state index in [4.69, 9.17) is 4.55 Å². The highest BCUT2D eigenvalue weighted by atomic mass is 32.2. The fourth-order valence-electron chi connectivity index (χ4n) is 0.436. The van der Waals surface area contributed by atoms with Crippen LogP contribution in [-0.2, 0) is 21.2 Å². The van der Waals surface area contributed by atoms with Crippen LogP contribution in [0.2, 0.25) is 0 Å². The average Bonchev–Trinajstić information content (AvgIpc) is 2.00. The van der Waals surface area contributed by atoms with Gasteiger partial charge in [-0.05, 0) is 0 Å². The second-order valence-corrected chi connectivity index (χ2v) is 4.76. The predicted molar refractivity (Wildman–Crippen MR) is 35.3 cm³/mol. The highest BCUT2D eigenvalue weighted by molar-refractivity contribution is 7.87. The first-order valence-corrected chi connectivity index (χ1v) is 5.41. The summed E-state index contributed by atoms with van der Waals surface area (Å²) in [6, 6.07) is 0. The summed E-state index contributed by atoms with van der Waals surface area (Å²) in [6.45, 7) is 0. The van der Waals surface area contributed by atoms with Gasteiger partial charge in [0.15, 0.2) is 0 Å². The van der Waals surface area contributed by atoms with Gasteiger partial charge in [0, 0.05) is 11.1 Å². The molecule has 0 radical (unpaired) electrons. The Morgan fingerprint density at radius 2 is 1.38 bits per heavy atom. The van der Waals surface area contributed by atoms with Gasteiger partial charge in [-0.25, -0.2) is 0 Å². The zero-order valence-corrected chi connectivity index (χ0v) is 8.30. The zero-order valence-electron chi connectivity index (χ0n) is 6.66. The maximum absolute atomic E-state index is 12.3. The molecule has 0 fully saturated rings. The van der Waals surface area contributed by atoms with E-state index in [1.807, 2.05) is 0 Å². The number of halogens is 6. The molecule has 0 spiro atoms. The molecule has 0 bridgehead atoms. The van der Waals surface area contributed by atoms with Gasteiger partial charge in [0.05, 0.1) is 0 Å². The SMILES string of the molecule is O=S([O-])C(F)(F)C(F)(F)C(F)(F)S(=O)(=O)O. The molecule has 0 aromatic carbocycles. The molecule has 0 aliphatic rings. The van der Waals surface area contributed by atoms with E-state index < -0.39 is 37.6 Å². The van der Waals surface area contributed by atoms with Crippen molar-refractivity contribution in [1.82, 2.24) is 0 Å². The van der Waals surface area contributed by atoms with E-state index in [9.17, 15) is 43.5 Å². The van der Waals surface area contributed by atoms with E-state index in [1.54, 1.807) is 0 Å². The summed E-state index contributed by atoms with van der Waals surface area (Å²) in [7, 11) is -6.91. The van der Waals surface area contributed by atoms with Crippen molar-refractivity contribution in [3.8, 4) is 0 Å². The maximum atomic E-state index is 12.3. The lowest BCUT2D eigenvalue weighted by atomic mass is 10.3. The molecule has 0 aromatic heterocycles. The molecule has 0 aliphatic carbocycles. The van der Waals surface area contributed by atoms with Crippen molar-refractivity contribution >= 4 is 21.2 Å². The zero-order chi connectivity index (χ0) is 13.6. The maximum Gasteiger partial charge on any atom is 0.438 e. The van der Waals surface area contributed by atoms with Gasteiger partial charge in [-0.2, -0.15) is 34.8 Å². The van der Waals surface area contributed by atoms with Gasteiger partial charge in [0.25, 0.3) is 0 Å². The Labute approximate surface area is 86.5 Å². The Morgan fingerprint density at radius 3 is 1.56 bits per heavy atom. The third-order valence-corrected chi connectivity index (χ3v) is 2.84. The van der Waals surface area contributed by atoms with Crippen molar-refractivity contribution in [2.24, 2.45) is 0 Å². The second kappa shape index (κ2) is 3.82. The van der Waals surface area contributed by atoms with E-state index in [0.717, 1.165) is 0 Å². The van der Waals surface area contributed by atoms with Gasteiger partial charge in [-0.15, -0.1) is 0 Å². The summed E-state index contributed by atoms with van der Waals surface area (Å²) in [5, 5.41) is -13.0. The molecule has 0 amide bonds. The Morgan fingerprint density at radius 1 is 1.06 bits per heavy atom. The van der Waals surface area contributed by atoms with Crippen LogP contribution in [0.15, 0.2) is 0 Å². The van der Waals surface area contributed by atoms with E-state index in [2.05, 4.69) is 0 Å². The van der Waals surface area contributed by atoms with E-state index in [-0.39, 0.29) is 0 Å². The van der Waals surface area contributed by atoms with E-state index >= 15 is 0 Å². The molecule has 0 aromatic rings. The molecule has 1 N–H and O–H groups in total. The minimum atomic E-state index is -6.91. The lowest BCUT2D eigenvalue weighted by Crippen LogP contribution is -2.59. The van der Waals surface area contributed by atoms with Crippen LogP contribution >= 0.6 is 0 Å². The van der Waals surface area contributed by atoms with Crippen molar-refractivity contribution in [1.29, 1.82) is 0 Å². The molecule has 0 rings (SSSR count). The molecular weight excluding hydrogens is 294 g/mol. The molecule has 16 heavy (non-hydrogen) atoms. The third kappa shape index (κ3) is 2.03. The van der Waals surface area contributed by atoms with Gasteiger partial charge >= 0.3 is 26.5 Å². The largest absolute Gasteiger partial charge is 0.768 e. The van der Waals surface area contributed by atoms with Crippen molar-refractivity contribution in [2.45, 2.75) is 16.4 Å². The van der Waals surface area contributed by atoms with Crippen LogP contribution < -0.4 is 0 Å². The topological polar surface area (TPSA) is 94.5 Å². The molecule has 0 aliphatic heterocycles. The van der Waals surface area contributed by atoms with Gasteiger partial charge in [0.2, 0.25) is 0 Å². The van der Waals surface area contributed by atoms with Gasteiger partial charge < -0.3 is 4.55 Å². The summed E-state index contributed by atoms with van der Waals surface area (Å²) in [5.41, 5.74) is 0. The minimum absolute atomic E-state index is 5.02. The van der Waals surface area contributed by atoms with Crippen LogP contribution in [0.1, 0.15) is 0 Å². The number of alkyl halides is 6. The van der Waals surface area contributed by atoms with E-state index in [0.29, 0.717) is 0 Å². The molecule has 0 saturated heterocycles. The highest BCUT2D eigenvalue weighted by Gasteiger charge is 2.78. The summed E-state index contributed by atoms with van der Waals surface area (Å²) < 4.78 is 120. The molecule has 5 nitrogen and oxygen atoms in total. The Hall–Kier alpha value is -0.400. The first-order chi connectivity index (χ1) is 6.69. The smallest absolute Gasteiger partial charge is 0.438 e. The molecule has 0 saturated carbocycles. The lowest BCUT2D eigenvalue weighted by Gasteiger charge is -2.31. The number of hydrogen-bond acceptors (Lipinski definition) is 4. The average molecular weight is 295 g/mol. The fourth-order valence-corrected chi connectivity index (χ4v) is 1.29. The van der Waals surface area contributed by atoms with Crippen molar-refractivity contribution in [3.63, 3.8) is 0 Å². The van der Waals surface area contributed by atoms with Crippen LogP contribution in [0.3, 0.4) is 0 Å². The first kappa shape index (κ1) is 15.6. The summed E-state index contributed by atoms with van der Waals surface area (Å²) in [4.78, 5) is 0. The molecule has 13 heteroatoms. The van der Waals surface area contributed by atoms with Crippen LogP contribution in [0.5, 0.6) is 0 Å². The Kier molecular flexibility index (Phi) is 3.72. The number of rotatable bonds is 4. The molecule has 0 heterocycles. The number of hydrogen-bond donors (Lipinski definition) is 1. The normalized spacial score (nSPS) is 17.2. The molecular formula is C3HF6O5S2-. The Bertz CT molecular complexity index is 400. The monoisotopic (exact) mass is 295 g/mol. The van der Waals surface area contributed by atoms with Crippen LogP contribution in [0, 0.1) is 0 Å². The van der Waals surface area contributed by atoms with Crippen molar-refractivity contribution < 1.29 is 48.1 Å². The van der Waals surface area contributed by atoms with Gasteiger partial charge in [-0.3, -0.25) is 8.76 Å². The molecule has 1 atom stereocenters. The quantitative estimate of drug-likeness (QED) is 0.465. The van der Waals surface area contributed by atoms with Crippen LogP contribution in [0.4, 0.5) is 26.3 Å². The lowest BCUT2D eigenvalue weighted by molar-refractivity contribution is -0.245. The molecule has 98 valence electrons. The first-order valence-electron chi connectivity index (χ1n) is 2.89. The van der Waals surface area contributed by atoms with Gasteiger partial charge in [0.1, 0.15) is 0 Å². The van der Waals surface area contributed by atoms with Crippen molar-refractivity contribution in [3.05, 3.63) is 0 Å².